The maximum absolute atomic E-state index is 11.3. The monoisotopic (exact) mass is 285 g/mol. The Bertz CT molecular complexity index is 360. The van der Waals surface area contributed by atoms with Crippen LogP contribution in [0.25, 0.3) is 0 Å². The van der Waals surface area contributed by atoms with Crippen LogP contribution in [-0.4, -0.2) is 29.8 Å². The zero-order valence-corrected chi connectivity index (χ0v) is 12.7. The van der Waals surface area contributed by atoms with Crippen molar-refractivity contribution in [3.63, 3.8) is 0 Å². The Morgan fingerprint density at radius 2 is 2.11 bits per heavy atom. The SMILES string of the molecule is CC(C)(C)OC(=O)NCCCCNCc1cscn1. The minimum absolute atomic E-state index is 0.345. The highest BCUT2D eigenvalue weighted by atomic mass is 32.1. The summed E-state index contributed by atoms with van der Waals surface area (Å²) in [6.45, 7) is 7.95. The van der Waals surface area contributed by atoms with E-state index in [2.05, 4.69) is 15.6 Å². The van der Waals surface area contributed by atoms with Gasteiger partial charge in [0.2, 0.25) is 0 Å². The molecule has 0 bridgehead atoms. The molecule has 0 aliphatic carbocycles. The molecule has 6 heteroatoms. The van der Waals surface area contributed by atoms with Gasteiger partial charge >= 0.3 is 6.09 Å². The summed E-state index contributed by atoms with van der Waals surface area (Å²) in [6.07, 6.45) is 1.60. The Kier molecular flexibility index (Phi) is 6.80. The molecule has 0 saturated heterocycles. The number of unbranched alkanes of at least 4 members (excludes halogenated alkanes) is 1. The first kappa shape index (κ1) is 15.9. The lowest BCUT2D eigenvalue weighted by atomic mass is 10.2. The van der Waals surface area contributed by atoms with Crippen molar-refractivity contribution in [2.45, 2.75) is 45.8 Å². The first-order valence-electron chi connectivity index (χ1n) is 6.52. The molecule has 0 spiro atoms. The van der Waals surface area contributed by atoms with Crippen LogP contribution in [0.1, 0.15) is 39.3 Å². The Labute approximate surface area is 118 Å². The average molecular weight is 285 g/mol. The molecule has 0 unspecified atom stereocenters. The lowest BCUT2D eigenvalue weighted by Crippen LogP contribution is -2.33. The van der Waals surface area contributed by atoms with Gasteiger partial charge in [-0.05, 0) is 40.2 Å². The highest BCUT2D eigenvalue weighted by Gasteiger charge is 2.15. The van der Waals surface area contributed by atoms with Gasteiger partial charge in [0.1, 0.15) is 5.60 Å². The molecule has 1 aromatic rings. The van der Waals surface area contributed by atoms with E-state index < -0.39 is 5.60 Å². The summed E-state index contributed by atoms with van der Waals surface area (Å²) < 4.78 is 5.14. The van der Waals surface area contributed by atoms with Gasteiger partial charge < -0.3 is 15.4 Å². The van der Waals surface area contributed by atoms with Gasteiger partial charge in [-0.15, -0.1) is 11.3 Å². The molecule has 5 nitrogen and oxygen atoms in total. The number of alkyl carbamates (subject to hydrolysis) is 1. The third kappa shape index (κ3) is 8.56. The fraction of sp³-hybridized carbons (Fsp3) is 0.692. The number of carbonyl (C=O) groups is 1. The Balaban J connectivity index is 1.92. The standard InChI is InChI=1S/C13H23N3O2S/c1-13(2,3)18-12(17)15-7-5-4-6-14-8-11-9-19-10-16-11/h9-10,14H,4-8H2,1-3H3,(H,15,17). The number of rotatable bonds is 7. The number of aromatic nitrogens is 1. The van der Waals surface area contributed by atoms with E-state index in [1.54, 1.807) is 11.3 Å². The van der Waals surface area contributed by atoms with Crippen molar-refractivity contribution >= 4 is 17.4 Å². The molecule has 0 saturated carbocycles. The lowest BCUT2D eigenvalue weighted by molar-refractivity contribution is 0.0527. The number of hydrogen-bond acceptors (Lipinski definition) is 5. The van der Waals surface area contributed by atoms with E-state index in [1.165, 1.54) is 0 Å². The zero-order chi connectivity index (χ0) is 14.1. The lowest BCUT2D eigenvalue weighted by Gasteiger charge is -2.19. The summed E-state index contributed by atoms with van der Waals surface area (Å²) >= 11 is 1.61. The first-order chi connectivity index (χ1) is 8.97. The molecule has 2 N–H and O–H groups in total. The Morgan fingerprint density at radius 3 is 2.74 bits per heavy atom. The number of thiazole rings is 1. The maximum Gasteiger partial charge on any atom is 0.407 e. The molecule has 108 valence electrons. The van der Waals surface area contributed by atoms with Crippen molar-refractivity contribution in [3.05, 3.63) is 16.6 Å². The summed E-state index contributed by atoms with van der Waals surface area (Å²) in [6, 6.07) is 0. The molecule has 1 amide bonds. The van der Waals surface area contributed by atoms with Gasteiger partial charge in [-0.25, -0.2) is 9.78 Å². The number of hydrogen-bond donors (Lipinski definition) is 2. The number of carbonyl (C=O) groups excluding carboxylic acids is 1. The van der Waals surface area contributed by atoms with Crippen molar-refractivity contribution in [2.24, 2.45) is 0 Å². The smallest absolute Gasteiger partial charge is 0.407 e. The van der Waals surface area contributed by atoms with E-state index in [1.807, 2.05) is 31.7 Å². The molecule has 1 aromatic heterocycles. The molecule has 0 fully saturated rings. The van der Waals surface area contributed by atoms with Gasteiger partial charge in [0.25, 0.3) is 0 Å². The molecule has 1 rings (SSSR count). The van der Waals surface area contributed by atoms with E-state index in [-0.39, 0.29) is 6.09 Å². The topological polar surface area (TPSA) is 63.2 Å². The van der Waals surface area contributed by atoms with Crippen molar-refractivity contribution in [3.8, 4) is 0 Å². The van der Waals surface area contributed by atoms with Crippen LogP contribution in [-0.2, 0) is 11.3 Å². The third-order valence-electron chi connectivity index (χ3n) is 2.24. The molecule has 0 radical (unpaired) electrons. The minimum atomic E-state index is -0.431. The average Bonchev–Trinajstić information content (AvgIpc) is 2.78. The van der Waals surface area contributed by atoms with Gasteiger partial charge in [-0.3, -0.25) is 0 Å². The highest BCUT2D eigenvalue weighted by Crippen LogP contribution is 2.06. The summed E-state index contributed by atoms with van der Waals surface area (Å²) in [5.41, 5.74) is 2.48. The normalized spacial score (nSPS) is 11.3. The van der Waals surface area contributed by atoms with Crippen LogP contribution in [0.2, 0.25) is 0 Å². The van der Waals surface area contributed by atoms with Crippen LogP contribution in [0.4, 0.5) is 4.79 Å². The third-order valence-corrected chi connectivity index (χ3v) is 2.87. The molecular formula is C13H23N3O2S. The molecule has 19 heavy (non-hydrogen) atoms. The van der Waals surface area contributed by atoms with E-state index in [0.29, 0.717) is 6.54 Å². The number of nitrogens with zero attached hydrogens (tertiary/aromatic N) is 1. The highest BCUT2D eigenvalue weighted by molar-refractivity contribution is 7.07. The van der Waals surface area contributed by atoms with Crippen molar-refractivity contribution < 1.29 is 9.53 Å². The van der Waals surface area contributed by atoms with E-state index >= 15 is 0 Å². The number of nitrogens with one attached hydrogen (secondary N) is 2. The van der Waals surface area contributed by atoms with Gasteiger partial charge in [0, 0.05) is 18.5 Å². The number of ether oxygens (including phenoxy) is 1. The largest absolute Gasteiger partial charge is 0.444 e. The summed E-state index contributed by atoms with van der Waals surface area (Å²) in [7, 11) is 0. The van der Waals surface area contributed by atoms with Crippen LogP contribution in [0.3, 0.4) is 0 Å². The van der Waals surface area contributed by atoms with E-state index in [0.717, 1.165) is 31.6 Å². The Morgan fingerprint density at radius 1 is 1.37 bits per heavy atom. The van der Waals surface area contributed by atoms with Gasteiger partial charge in [0.05, 0.1) is 11.2 Å². The number of amides is 1. The first-order valence-corrected chi connectivity index (χ1v) is 7.46. The zero-order valence-electron chi connectivity index (χ0n) is 11.9. The molecule has 0 aliphatic heterocycles. The summed E-state index contributed by atoms with van der Waals surface area (Å²) in [5.74, 6) is 0. The second-order valence-electron chi connectivity index (χ2n) is 5.29. The minimum Gasteiger partial charge on any atom is -0.444 e. The van der Waals surface area contributed by atoms with Crippen LogP contribution < -0.4 is 10.6 Å². The van der Waals surface area contributed by atoms with Crippen LogP contribution in [0, 0.1) is 0 Å². The second-order valence-corrected chi connectivity index (χ2v) is 6.01. The maximum atomic E-state index is 11.3. The molecule has 0 aromatic carbocycles. The van der Waals surface area contributed by atoms with Gasteiger partial charge in [0.15, 0.2) is 0 Å². The Hall–Kier alpha value is -1.14. The van der Waals surface area contributed by atoms with Crippen LogP contribution >= 0.6 is 11.3 Å². The fourth-order valence-corrected chi connectivity index (χ4v) is 1.98. The quantitative estimate of drug-likeness (QED) is 0.756. The second kappa shape index (κ2) is 8.12. The van der Waals surface area contributed by atoms with Crippen molar-refractivity contribution in [1.82, 2.24) is 15.6 Å². The summed E-state index contributed by atoms with van der Waals surface area (Å²) in [5, 5.41) is 8.10. The predicted octanol–water partition coefficient (Wildman–Crippen LogP) is 2.54. The van der Waals surface area contributed by atoms with E-state index in [9.17, 15) is 4.79 Å². The van der Waals surface area contributed by atoms with Crippen LogP contribution in [0.5, 0.6) is 0 Å². The predicted molar refractivity (Wildman–Crippen MR) is 77.3 cm³/mol. The van der Waals surface area contributed by atoms with Crippen molar-refractivity contribution in [2.75, 3.05) is 13.1 Å². The van der Waals surface area contributed by atoms with Gasteiger partial charge in [-0.1, -0.05) is 0 Å². The van der Waals surface area contributed by atoms with Crippen LogP contribution in [0.15, 0.2) is 10.9 Å². The van der Waals surface area contributed by atoms with Gasteiger partial charge in [-0.2, -0.15) is 0 Å². The molecule has 0 aliphatic rings. The van der Waals surface area contributed by atoms with E-state index in [4.69, 9.17) is 4.74 Å². The molecular weight excluding hydrogens is 262 g/mol. The fourth-order valence-electron chi connectivity index (χ4n) is 1.42. The van der Waals surface area contributed by atoms with Crippen molar-refractivity contribution in [1.29, 1.82) is 0 Å². The molecule has 0 atom stereocenters. The summed E-state index contributed by atoms with van der Waals surface area (Å²) in [4.78, 5) is 15.5. The molecule has 1 heterocycles.